The Labute approximate surface area is 182 Å². The molecule has 1 aromatic rings. The number of unbranched alkanes of at least 4 members (excludes halogenated alkanes) is 12. The van der Waals surface area contributed by atoms with Crippen molar-refractivity contribution < 1.29 is 19.1 Å². The second-order valence-electron chi connectivity index (χ2n) is 7.95. The molecule has 5 heteroatoms. The van der Waals surface area contributed by atoms with Gasteiger partial charge in [-0.05, 0) is 24.6 Å². The topological polar surface area (TPSA) is 64.6 Å². The molecule has 0 heterocycles. The van der Waals surface area contributed by atoms with E-state index in [0.29, 0.717) is 23.4 Å². The van der Waals surface area contributed by atoms with E-state index >= 15 is 0 Å². The molecular weight excluding hydrogens is 378 g/mol. The zero-order valence-electron chi connectivity index (χ0n) is 19.3. The Hall–Kier alpha value is -2.04. The average molecular weight is 420 g/mol. The summed E-state index contributed by atoms with van der Waals surface area (Å²) in [4.78, 5) is 23.9. The van der Waals surface area contributed by atoms with Gasteiger partial charge in [0.05, 0.1) is 25.5 Å². The third-order valence-electron chi connectivity index (χ3n) is 5.40. The number of anilines is 1. The molecule has 0 aliphatic carbocycles. The molecule has 0 aliphatic rings. The molecule has 1 amide bonds. The van der Waals surface area contributed by atoms with Crippen LogP contribution in [0.4, 0.5) is 5.69 Å². The summed E-state index contributed by atoms with van der Waals surface area (Å²) in [6, 6.07) is 4.87. The van der Waals surface area contributed by atoms with Crippen LogP contribution in [0.3, 0.4) is 0 Å². The van der Waals surface area contributed by atoms with Gasteiger partial charge >= 0.3 is 5.97 Å². The normalized spacial score (nSPS) is 10.6. The highest BCUT2D eigenvalue weighted by atomic mass is 16.5. The van der Waals surface area contributed by atoms with Crippen LogP contribution in [0.25, 0.3) is 0 Å². The fourth-order valence-corrected chi connectivity index (χ4v) is 3.57. The number of hydrogen-bond donors (Lipinski definition) is 1. The Bertz CT molecular complexity index is 615. The van der Waals surface area contributed by atoms with Crippen LogP contribution in [-0.4, -0.2) is 26.1 Å². The fourth-order valence-electron chi connectivity index (χ4n) is 3.57. The minimum atomic E-state index is -0.440. The molecule has 0 bridgehead atoms. The number of hydrogen-bond acceptors (Lipinski definition) is 4. The predicted molar refractivity (Wildman–Crippen MR) is 123 cm³/mol. The van der Waals surface area contributed by atoms with Crippen LogP contribution in [0.5, 0.6) is 5.75 Å². The van der Waals surface area contributed by atoms with E-state index in [1.807, 2.05) is 0 Å². The van der Waals surface area contributed by atoms with E-state index in [-0.39, 0.29) is 5.91 Å². The van der Waals surface area contributed by atoms with Crippen molar-refractivity contribution in [2.24, 2.45) is 0 Å². The summed E-state index contributed by atoms with van der Waals surface area (Å²) in [5.41, 5.74) is 0.884. The molecular formula is C25H41NO4. The molecule has 1 rings (SSSR count). The Morgan fingerprint density at radius 1 is 0.800 bits per heavy atom. The van der Waals surface area contributed by atoms with E-state index < -0.39 is 5.97 Å². The van der Waals surface area contributed by atoms with Crippen molar-refractivity contribution in [1.29, 1.82) is 0 Å². The molecule has 0 saturated carbocycles. The first-order valence-corrected chi connectivity index (χ1v) is 11.7. The van der Waals surface area contributed by atoms with E-state index in [2.05, 4.69) is 12.2 Å². The lowest BCUT2D eigenvalue weighted by Crippen LogP contribution is -2.13. The van der Waals surface area contributed by atoms with Crippen molar-refractivity contribution in [3.05, 3.63) is 23.8 Å². The van der Waals surface area contributed by atoms with Gasteiger partial charge in [-0.15, -0.1) is 0 Å². The molecule has 30 heavy (non-hydrogen) atoms. The molecule has 1 aromatic carbocycles. The predicted octanol–water partition coefficient (Wildman–Crippen LogP) is 6.90. The summed E-state index contributed by atoms with van der Waals surface area (Å²) in [5, 5.41) is 2.85. The molecule has 0 saturated heterocycles. The average Bonchev–Trinajstić information content (AvgIpc) is 2.76. The van der Waals surface area contributed by atoms with Gasteiger partial charge in [0.1, 0.15) is 5.75 Å². The molecule has 170 valence electrons. The largest absolute Gasteiger partial charge is 0.495 e. The zero-order chi connectivity index (χ0) is 22.0. The lowest BCUT2D eigenvalue weighted by Gasteiger charge is -2.11. The van der Waals surface area contributed by atoms with E-state index in [1.54, 1.807) is 18.2 Å². The number of ether oxygens (including phenoxy) is 2. The summed E-state index contributed by atoms with van der Waals surface area (Å²) in [6.45, 7) is 2.26. The monoisotopic (exact) mass is 419 g/mol. The maximum Gasteiger partial charge on any atom is 0.337 e. The van der Waals surface area contributed by atoms with Crippen LogP contribution in [0.1, 0.15) is 107 Å². The van der Waals surface area contributed by atoms with Crippen LogP contribution in [0.2, 0.25) is 0 Å². The van der Waals surface area contributed by atoms with E-state index in [0.717, 1.165) is 12.8 Å². The van der Waals surface area contributed by atoms with Crippen molar-refractivity contribution in [3.63, 3.8) is 0 Å². The quantitative estimate of drug-likeness (QED) is 0.220. The standard InChI is InChI=1S/C25H41NO4/c1-4-5-6-7-8-9-10-11-12-13-14-15-16-17-24(27)26-22-20-21(25(28)30-3)18-19-23(22)29-2/h18-20H,4-17H2,1-3H3,(H,26,27). The lowest BCUT2D eigenvalue weighted by atomic mass is 10.0. The smallest absolute Gasteiger partial charge is 0.337 e. The SMILES string of the molecule is CCCCCCCCCCCCCCCC(=O)Nc1cc(C(=O)OC)ccc1OC. The Morgan fingerprint density at radius 3 is 1.83 bits per heavy atom. The van der Waals surface area contributed by atoms with Crippen LogP contribution in [-0.2, 0) is 9.53 Å². The number of amides is 1. The van der Waals surface area contributed by atoms with Gasteiger partial charge in [0, 0.05) is 6.42 Å². The van der Waals surface area contributed by atoms with Gasteiger partial charge in [0.2, 0.25) is 5.91 Å². The molecule has 0 fully saturated rings. The molecule has 0 aliphatic heterocycles. The Kier molecular flexibility index (Phi) is 14.5. The summed E-state index contributed by atoms with van der Waals surface area (Å²) < 4.78 is 10.0. The van der Waals surface area contributed by atoms with Crippen LogP contribution in [0, 0.1) is 0 Å². The third-order valence-corrected chi connectivity index (χ3v) is 5.40. The first kappa shape index (κ1) is 26.0. The first-order chi connectivity index (χ1) is 14.6. The van der Waals surface area contributed by atoms with Gasteiger partial charge in [-0.1, -0.05) is 84.0 Å². The summed E-state index contributed by atoms with van der Waals surface area (Å²) in [5.74, 6) is 0.0319. The van der Waals surface area contributed by atoms with Gasteiger partial charge in [0.15, 0.2) is 0 Å². The Morgan fingerprint density at radius 2 is 1.33 bits per heavy atom. The number of carbonyl (C=O) groups excluding carboxylic acids is 2. The lowest BCUT2D eigenvalue weighted by molar-refractivity contribution is -0.116. The van der Waals surface area contributed by atoms with Crippen molar-refractivity contribution in [1.82, 2.24) is 0 Å². The minimum Gasteiger partial charge on any atom is -0.495 e. The van der Waals surface area contributed by atoms with Gasteiger partial charge < -0.3 is 14.8 Å². The molecule has 1 N–H and O–H groups in total. The first-order valence-electron chi connectivity index (χ1n) is 11.7. The summed E-state index contributed by atoms with van der Waals surface area (Å²) in [7, 11) is 2.87. The number of nitrogens with one attached hydrogen (secondary N) is 1. The summed E-state index contributed by atoms with van der Waals surface area (Å²) >= 11 is 0. The van der Waals surface area contributed by atoms with Crippen LogP contribution in [0.15, 0.2) is 18.2 Å². The number of carbonyl (C=O) groups is 2. The summed E-state index contributed by atoms with van der Waals surface area (Å²) in [6.07, 6.45) is 17.1. The van der Waals surface area contributed by atoms with Crippen LogP contribution < -0.4 is 10.1 Å². The van der Waals surface area contributed by atoms with E-state index in [4.69, 9.17) is 9.47 Å². The third kappa shape index (κ3) is 11.2. The van der Waals surface area contributed by atoms with Crippen molar-refractivity contribution in [2.45, 2.75) is 96.8 Å². The highest BCUT2D eigenvalue weighted by Crippen LogP contribution is 2.26. The molecule has 0 spiro atoms. The molecule has 0 unspecified atom stereocenters. The molecule has 0 aromatic heterocycles. The second-order valence-corrected chi connectivity index (χ2v) is 7.95. The minimum absolute atomic E-state index is 0.0570. The van der Waals surface area contributed by atoms with E-state index in [9.17, 15) is 9.59 Å². The van der Waals surface area contributed by atoms with Crippen LogP contribution >= 0.6 is 0 Å². The number of methoxy groups -OCH3 is 2. The highest BCUT2D eigenvalue weighted by Gasteiger charge is 2.12. The Balaban J connectivity index is 2.13. The number of rotatable bonds is 17. The van der Waals surface area contributed by atoms with Gasteiger partial charge in [-0.2, -0.15) is 0 Å². The van der Waals surface area contributed by atoms with Gasteiger partial charge in [-0.25, -0.2) is 4.79 Å². The van der Waals surface area contributed by atoms with Crippen molar-refractivity contribution >= 4 is 17.6 Å². The fraction of sp³-hybridized carbons (Fsp3) is 0.680. The van der Waals surface area contributed by atoms with Gasteiger partial charge in [-0.3, -0.25) is 4.79 Å². The van der Waals surface area contributed by atoms with Crippen molar-refractivity contribution in [3.8, 4) is 5.75 Å². The molecule has 0 atom stereocenters. The van der Waals surface area contributed by atoms with Crippen molar-refractivity contribution in [2.75, 3.05) is 19.5 Å². The number of benzene rings is 1. The maximum absolute atomic E-state index is 12.2. The van der Waals surface area contributed by atoms with Gasteiger partial charge in [0.25, 0.3) is 0 Å². The zero-order valence-corrected chi connectivity index (χ0v) is 19.3. The second kappa shape index (κ2) is 16.7. The van der Waals surface area contributed by atoms with E-state index in [1.165, 1.54) is 84.8 Å². The number of esters is 1. The molecule has 5 nitrogen and oxygen atoms in total. The highest BCUT2D eigenvalue weighted by molar-refractivity contribution is 5.96. The molecule has 0 radical (unpaired) electrons. The maximum atomic E-state index is 12.2.